The zero-order chi connectivity index (χ0) is 30.3. The first kappa shape index (κ1) is 30.2. The van der Waals surface area contributed by atoms with Gasteiger partial charge in [-0.2, -0.15) is 18.3 Å². The Kier molecular flexibility index (Phi) is 9.52. The summed E-state index contributed by atoms with van der Waals surface area (Å²) in [7, 11) is 1.35. The largest absolute Gasteiger partial charge is 0.493 e. The first-order valence-electron chi connectivity index (χ1n) is 12.0. The fourth-order valence-electron chi connectivity index (χ4n) is 3.59. The maximum absolute atomic E-state index is 12.9. The maximum Gasteiger partial charge on any atom is 0.416 e. The summed E-state index contributed by atoms with van der Waals surface area (Å²) in [6.07, 6.45) is -3.30. The van der Waals surface area contributed by atoms with E-state index >= 15 is 0 Å². The molecule has 0 fully saturated rings. The van der Waals surface area contributed by atoms with Crippen LogP contribution < -0.4 is 35.0 Å². The Balaban J connectivity index is 1.29. The third-order valence-electron chi connectivity index (χ3n) is 5.55. The van der Waals surface area contributed by atoms with Crippen LogP contribution in [0.2, 0.25) is 0 Å². The molecule has 0 radical (unpaired) electrons. The van der Waals surface area contributed by atoms with Gasteiger partial charge in [0, 0.05) is 12.2 Å². The van der Waals surface area contributed by atoms with Crippen LogP contribution in [0.1, 0.15) is 16.7 Å². The van der Waals surface area contributed by atoms with E-state index in [1.165, 1.54) is 37.6 Å². The molecular formula is C27H22BrF3N4O7. The van der Waals surface area contributed by atoms with Gasteiger partial charge in [0.15, 0.2) is 29.6 Å². The highest BCUT2D eigenvalue weighted by Gasteiger charge is 2.30. The molecule has 0 bridgehead atoms. The summed E-state index contributed by atoms with van der Waals surface area (Å²) in [5.41, 5.74) is 2.31. The van der Waals surface area contributed by atoms with Crippen LogP contribution in [0.4, 0.5) is 18.9 Å². The minimum atomic E-state index is -4.55. The van der Waals surface area contributed by atoms with E-state index in [1.54, 1.807) is 18.2 Å². The molecule has 0 saturated heterocycles. The second-order valence-electron chi connectivity index (χ2n) is 8.52. The van der Waals surface area contributed by atoms with E-state index in [4.69, 9.17) is 18.9 Å². The molecule has 42 heavy (non-hydrogen) atoms. The van der Waals surface area contributed by atoms with Crippen molar-refractivity contribution in [3.8, 4) is 23.0 Å². The van der Waals surface area contributed by atoms with Crippen molar-refractivity contribution in [3.05, 3.63) is 75.8 Å². The van der Waals surface area contributed by atoms with Gasteiger partial charge in [-0.05, 0) is 69.5 Å². The van der Waals surface area contributed by atoms with Gasteiger partial charge < -0.3 is 29.6 Å². The molecule has 4 rings (SSSR count). The van der Waals surface area contributed by atoms with Gasteiger partial charge in [-0.15, -0.1) is 0 Å². The highest BCUT2D eigenvalue weighted by Crippen LogP contribution is 2.36. The van der Waals surface area contributed by atoms with Crippen LogP contribution in [-0.2, 0) is 27.1 Å². The molecule has 3 N–H and O–H groups in total. The number of carbonyl (C=O) groups excluding carboxylic acids is 3. The number of halogens is 4. The molecule has 0 unspecified atom stereocenters. The Hall–Kier alpha value is -4.79. The first-order valence-corrected chi connectivity index (χ1v) is 12.8. The van der Waals surface area contributed by atoms with Crippen molar-refractivity contribution >= 4 is 45.6 Å². The Morgan fingerprint density at radius 2 is 1.83 bits per heavy atom. The summed E-state index contributed by atoms with van der Waals surface area (Å²) in [4.78, 5) is 36.5. The van der Waals surface area contributed by atoms with E-state index in [2.05, 4.69) is 37.1 Å². The summed E-state index contributed by atoms with van der Waals surface area (Å²) >= 11 is 3.30. The monoisotopic (exact) mass is 650 g/mol. The fourth-order valence-corrected chi connectivity index (χ4v) is 4.17. The van der Waals surface area contributed by atoms with Crippen molar-refractivity contribution in [1.29, 1.82) is 0 Å². The molecule has 220 valence electrons. The van der Waals surface area contributed by atoms with E-state index in [1.807, 2.05) is 0 Å². The number of nitrogens with zero attached hydrogens (tertiary/aromatic N) is 1. The molecule has 1 heterocycles. The van der Waals surface area contributed by atoms with E-state index < -0.39 is 36.1 Å². The van der Waals surface area contributed by atoms with Gasteiger partial charge in [0.1, 0.15) is 0 Å². The lowest BCUT2D eigenvalue weighted by molar-refractivity contribution is -0.139. The van der Waals surface area contributed by atoms with Crippen molar-refractivity contribution in [1.82, 2.24) is 10.7 Å². The Morgan fingerprint density at radius 3 is 2.60 bits per heavy atom. The van der Waals surface area contributed by atoms with Crippen LogP contribution in [0.3, 0.4) is 0 Å². The van der Waals surface area contributed by atoms with Crippen LogP contribution in [0.5, 0.6) is 23.0 Å². The molecule has 0 spiro atoms. The van der Waals surface area contributed by atoms with Crippen molar-refractivity contribution in [2.24, 2.45) is 5.10 Å². The molecule has 0 saturated carbocycles. The van der Waals surface area contributed by atoms with E-state index in [-0.39, 0.29) is 30.5 Å². The molecule has 3 aromatic carbocycles. The van der Waals surface area contributed by atoms with Gasteiger partial charge in [0.2, 0.25) is 6.79 Å². The van der Waals surface area contributed by atoms with Crippen LogP contribution >= 0.6 is 15.9 Å². The van der Waals surface area contributed by atoms with Gasteiger partial charge in [0.05, 0.1) is 23.4 Å². The van der Waals surface area contributed by atoms with E-state index in [0.29, 0.717) is 27.1 Å². The number of amides is 3. The number of ether oxygens (including phenoxy) is 4. The van der Waals surface area contributed by atoms with Crippen molar-refractivity contribution in [2.75, 3.05) is 25.8 Å². The fraction of sp³-hybridized carbons (Fsp3) is 0.185. The summed E-state index contributed by atoms with van der Waals surface area (Å²) in [6, 6.07) is 12.3. The highest BCUT2D eigenvalue weighted by atomic mass is 79.9. The summed E-state index contributed by atoms with van der Waals surface area (Å²) < 4.78 is 60.4. The van der Waals surface area contributed by atoms with E-state index in [9.17, 15) is 27.6 Å². The van der Waals surface area contributed by atoms with Gasteiger partial charge in [-0.3, -0.25) is 14.4 Å². The zero-order valence-corrected chi connectivity index (χ0v) is 23.3. The predicted octanol–water partition coefficient (Wildman–Crippen LogP) is 3.99. The second-order valence-corrected chi connectivity index (χ2v) is 9.37. The average Bonchev–Trinajstić information content (AvgIpc) is 3.42. The number of hydrazone groups is 1. The Labute approximate surface area is 245 Å². The lowest BCUT2D eigenvalue weighted by Gasteiger charge is -2.14. The lowest BCUT2D eigenvalue weighted by Crippen LogP contribution is -2.37. The third kappa shape index (κ3) is 7.90. The van der Waals surface area contributed by atoms with Gasteiger partial charge >= 0.3 is 18.0 Å². The van der Waals surface area contributed by atoms with Gasteiger partial charge in [-0.1, -0.05) is 12.1 Å². The summed E-state index contributed by atoms with van der Waals surface area (Å²) in [5, 5.41) is 8.59. The smallest absolute Gasteiger partial charge is 0.416 e. The standard InChI is InChI=1S/C27H22BrF3N4O7/c1-39-22-9-16(12-33-35-26(38)25(37)32-11-15-5-6-20-21(8-15)42-14-41-20)7-19(28)24(22)40-13-23(36)34-18-4-2-3-17(10-18)27(29,30)31/h2-10,12H,11,13-14H2,1H3,(H,32,37)(H,34,36)(H,35,38)/b33-12-. The number of rotatable bonds is 9. The topological polar surface area (TPSA) is 137 Å². The van der Waals surface area contributed by atoms with Gasteiger partial charge in [-0.25, -0.2) is 5.43 Å². The maximum atomic E-state index is 12.9. The number of anilines is 1. The minimum absolute atomic E-state index is 0.0420. The predicted molar refractivity (Wildman–Crippen MR) is 146 cm³/mol. The van der Waals surface area contributed by atoms with Crippen LogP contribution in [-0.4, -0.2) is 44.4 Å². The number of fused-ring (bicyclic) bond motifs is 1. The number of hydrogen-bond donors (Lipinski definition) is 3. The second kappa shape index (κ2) is 13.2. The minimum Gasteiger partial charge on any atom is -0.493 e. The quantitative estimate of drug-likeness (QED) is 0.181. The third-order valence-corrected chi connectivity index (χ3v) is 6.14. The lowest BCUT2D eigenvalue weighted by atomic mass is 10.2. The number of nitrogens with one attached hydrogen (secondary N) is 3. The molecule has 0 atom stereocenters. The molecule has 1 aliphatic heterocycles. The average molecular weight is 651 g/mol. The number of alkyl halides is 3. The van der Waals surface area contributed by atoms with Crippen LogP contribution in [0.25, 0.3) is 0 Å². The Morgan fingerprint density at radius 1 is 1.05 bits per heavy atom. The van der Waals surface area contributed by atoms with Crippen molar-refractivity contribution in [3.63, 3.8) is 0 Å². The highest BCUT2D eigenvalue weighted by molar-refractivity contribution is 9.10. The Bertz CT molecular complexity index is 1530. The summed E-state index contributed by atoms with van der Waals surface area (Å²) in [5.74, 6) is -1.13. The molecule has 3 amide bonds. The van der Waals surface area contributed by atoms with Crippen molar-refractivity contribution in [2.45, 2.75) is 12.7 Å². The molecule has 0 aliphatic carbocycles. The number of benzene rings is 3. The first-order chi connectivity index (χ1) is 20.0. The SMILES string of the molecule is COc1cc(/C=N\NC(=O)C(=O)NCc2ccc3c(c2)OCO3)cc(Br)c1OCC(=O)Nc1cccc(C(F)(F)F)c1. The van der Waals surface area contributed by atoms with Crippen LogP contribution in [0.15, 0.2) is 64.2 Å². The van der Waals surface area contributed by atoms with Crippen molar-refractivity contribution < 1.29 is 46.5 Å². The molecule has 11 nitrogen and oxygen atoms in total. The molecule has 0 aromatic heterocycles. The number of hydrogen-bond acceptors (Lipinski definition) is 8. The number of methoxy groups -OCH3 is 1. The van der Waals surface area contributed by atoms with E-state index in [0.717, 1.165) is 12.1 Å². The van der Waals surface area contributed by atoms with Crippen LogP contribution in [0, 0.1) is 0 Å². The summed E-state index contributed by atoms with van der Waals surface area (Å²) in [6.45, 7) is -0.334. The normalized spacial score (nSPS) is 12.1. The molecule has 3 aromatic rings. The molecule has 15 heteroatoms. The zero-order valence-electron chi connectivity index (χ0n) is 21.7. The van der Waals surface area contributed by atoms with Gasteiger partial charge in [0.25, 0.3) is 5.91 Å². The molecular weight excluding hydrogens is 629 g/mol. The molecule has 1 aliphatic rings. The number of carbonyl (C=O) groups is 3.